The Hall–Kier alpha value is 0.423. The summed E-state index contributed by atoms with van der Waals surface area (Å²) in [7, 11) is 0. The van der Waals surface area contributed by atoms with Crippen molar-refractivity contribution >= 4 is 0 Å². The predicted molar refractivity (Wildman–Crippen MR) is 108 cm³/mol. The third-order valence-electron chi connectivity index (χ3n) is 5.47. The van der Waals surface area contributed by atoms with Crippen LogP contribution in [0.25, 0.3) is 0 Å². The van der Waals surface area contributed by atoms with Crippen molar-refractivity contribution in [1.29, 1.82) is 0 Å². The van der Waals surface area contributed by atoms with Crippen molar-refractivity contribution in [2.45, 2.75) is 93.9 Å². The molecule has 152 valence electrons. The molecule has 2 rings (SSSR count). The van der Waals surface area contributed by atoms with Crippen LogP contribution in [0.3, 0.4) is 0 Å². The molecule has 27 heavy (non-hydrogen) atoms. The second kappa shape index (κ2) is 11.0. The summed E-state index contributed by atoms with van der Waals surface area (Å²) in [5.74, 6) is 0. The van der Waals surface area contributed by atoms with Gasteiger partial charge >= 0.3 is 169 Å². The van der Waals surface area contributed by atoms with Crippen molar-refractivity contribution in [1.82, 2.24) is 0 Å². The average molecular weight is 489 g/mol. The second-order valence-corrected chi connectivity index (χ2v) is 13.4. The molecule has 0 fully saturated rings. The Morgan fingerprint density at radius 3 is 1.30 bits per heavy atom. The summed E-state index contributed by atoms with van der Waals surface area (Å²) >= 11 is -0.632. The van der Waals surface area contributed by atoms with E-state index in [2.05, 4.69) is 67.5 Å². The first-order chi connectivity index (χ1) is 11.6. The Balaban J connectivity index is 0.00000338. The van der Waals surface area contributed by atoms with Crippen molar-refractivity contribution in [3.05, 3.63) is 41.0 Å². The van der Waals surface area contributed by atoms with Crippen LogP contribution < -0.4 is 24.8 Å². The molecule has 0 N–H and O–H groups in total. The SMILES string of the molecule is CCCC1=[C]([Zr+2][C]2=C(CCC)C=C(C(C)(C)C)C2)CC(C(C)(C)C)=C1.[Cl-].[Cl-]. The molecule has 0 atom stereocenters. The molecule has 0 aromatic carbocycles. The fourth-order valence-electron chi connectivity index (χ4n) is 3.68. The maximum atomic E-state index is 2.58. The summed E-state index contributed by atoms with van der Waals surface area (Å²) < 4.78 is 3.75. The van der Waals surface area contributed by atoms with Crippen LogP contribution in [0.15, 0.2) is 41.0 Å². The van der Waals surface area contributed by atoms with E-state index in [9.17, 15) is 0 Å². The maximum Gasteiger partial charge on any atom is -1.00 e. The van der Waals surface area contributed by atoms with Crippen LogP contribution in [0.1, 0.15) is 93.9 Å². The summed E-state index contributed by atoms with van der Waals surface area (Å²) in [4.78, 5) is 0. The zero-order valence-corrected chi connectivity index (χ0v) is 22.6. The van der Waals surface area contributed by atoms with Gasteiger partial charge in [0, 0.05) is 0 Å². The molecule has 0 amide bonds. The molecule has 0 spiro atoms. The maximum absolute atomic E-state index is 2.58. The zero-order chi connectivity index (χ0) is 18.8. The third-order valence-corrected chi connectivity index (χ3v) is 9.40. The van der Waals surface area contributed by atoms with E-state index in [0.29, 0.717) is 10.8 Å². The van der Waals surface area contributed by atoms with E-state index in [1.807, 2.05) is 6.56 Å². The van der Waals surface area contributed by atoms with Crippen molar-refractivity contribution in [2.75, 3.05) is 0 Å². The van der Waals surface area contributed by atoms with Gasteiger partial charge in [-0.25, -0.2) is 0 Å². The van der Waals surface area contributed by atoms with Gasteiger partial charge in [0.2, 0.25) is 0 Å². The predicted octanol–water partition coefficient (Wildman–Crippen LogP) is 1.94. The molecular formula is C24H38Cl2Zr. The Bertz CT molecular complexity index is 578. The van der Waals surface area contributed by atoms with Crippen LogP contribution in [0.2, 0.25) is 0 Å². The minimum Gasteiger partial charge on any atom is -1.00 e. The number of hydrogen-bond acceptors (Lipinski definition) is 0. The summed E-state index contributed by atoms with van der Waals surface area (Å²) in [6.45, 7) is 18.9. The molecule has 0 saturated carbocycles. The first-order valence-electron chi connectivity index (χ1n) is 10.2. The van der Waals surface area contributed by atoms with Gasteiger partial charge in [-0.1, -0.05) is 0 Å². The van der Waals surface area contributed by atoms with Crippen molar-refractivity contribution < 1.29 is 48.0 Å². The number of rotatable bonds is 6. The van der Waals surface area contributed by atoms with Gasteiger partial charge in [-0.05, 0) is 0 Å². The van der Waals surface area contributed by atoms with Gasteiger partial charge in [0.05, 0.1) is 0 Å². The number of hydrogen-bond donors (Lipinski definition) is 0. The molecule has 2 aliphatic rings. The van der Waals surface area contributed by atoms with Gasteiger partial charge in [0.1, 0.15) is 0 Å². The van der Waals surface area contributed by atoms with Crippen LogP contribution in [-0.4, -0.2) is 0 Å². The summed E-state index contributed by atoms with van der Waals surface area (Å²) in [5, 5.41) is 0. The molecule has 0 unspecified atom stereocenters. The van der Waals surface area contributed by atoms with Crippen LogP contribution in [0.4, 0.5) is 0 Å². The van der Waals surface area contributed by atoms with Crippen molar-refractivity contribution in [3.8, 4) is 0 Å². The van der Waals surface area contributed by atoms with E-state index in [1.54, 1.807) is 22.3 Å². The van der Waals surface area contributed by atoms with Gasteiger partial charge in [-0.3, -0.25) is 0 Å². The zero-order valence-electron chi connectivity index (χ0n) is 18.7. The third kappa shape index (κ3) is 7.31. The fraction of sp³-hybridized carbons (Fsp3) is 0.667. The summed E-state index contributed by atoms with van der Waals surface area (Å²) in [6.07, 6.45) is 12.8. The van der Waals surface area contributed by atoms with Gasteiger partial charge < -0.3 is 24.8 Å². The summed E-state index contributed by atoms with van der Waals surface area (Å²) in [5.41, 5.74) is 7.42. The van der Waals surface area contributed by atoms with E-state index in [-0.39, 0.29) is 24.8 Å². The van der Waals surface area contributed by atoms with E-state index in [0.717, 1.165) is 0 Å². The number of halogens is 2. The molecule has 0 heterocycles. The molecule has 0 bridgehead atoms. The Morgan fingerprint density at radius 1 is 0.704 bits per heavy atom. The molecule has 0 nitrogen and oxygen atoms in total. The minimum absolute atomic E-state index is 0. The second-order valence-electron chi connectivity index (χ2n) is 9.83. The van der Waals surface area contributed by atoms with Crippen LogP contribution in [0.5, 0.6) is 0 Å². The Morgan fingerprint density at radius 2 is 1.04 bits per heavy atom. The molecule has 0 aromatic rings. The molecule has 0 saturated heterocycles. The van der Waals surface area contributed by atoms with E-state index >= 15 is 0 Å². The van der Waals surface area contributed by atoms with Crippen LogP contribution >= 0.6 is 0 Å². The van der Waals surface area contributed by atoms with Crippen LogP contribution in [-0.2, 0) is 23.2 Å². The summed E-state index contributed by atoms with van der Waals surface area (Å²) in [6, 6.07) is 0. The first-order valence-corrected chi connectivity index (χ1v) is 12.6. The largest absolute Gasteiger partial charge is 1.00 e. The normalized spacial score (nSPS) is 17.3. The average Bonchev–Trinajstić information content (AvgIpc) is 3.05. The van der Waals surface area contributed by atoms with Crippen molar-refractivity contribution in [3.63, 3.8) is 0 Å². The van der Waals surface area contributed by atoms with Crippen LogP contribution in [0, 0.1) is 10.8 Å². The van der Waals surface area contributed by atoms with E-state index < -0.39 is 23.2 Å². The monoisotopic (exact) mass is 486 g/mol. The van der Waals surface area contributed by atoms with Gasteiger partial charge in [-0.15, -0.1) is 0 Å². The van der Waals surface area contributed by atoms with E-state index in [4.69, 9.17) is 0 Å². The molecule has 2 aliphatic carbocycles. The van der Waals surface area contributed by atoms with E-state index in [1.165, 1.54) is 38.5 Å². The topological polar surface area (TPSA) is 0 Å². The smallest absolute Gasteiger partial charge is 1.00 e. The van der Waals surface area contributed by atoms with Gasteiger partial charge in [0.25, 0.3) is 0 Å². The van der Waals surface area contributed by atoms with Gasteiger partial charge in [-0.2, -0.15) is 0 Å². The Labute approximate surface area is 192 Å². The quantitative estimate of drug-likeness (QED) is 0.536. The first kappa shape index (κ1) is 27.4. The molecule has 3 heteroatoms. The standard InChI is InChI=1S/2C12H19.2ClH.Zr/c2*1-5-6-10-7-8-11(9-10)12(2,3)4;;;/h2*9H,5-6,8H2,1-4H3;2*1H;/q;;;;+2/p-2. The molecular weight excluding hydrogens is 450 g/mol. The molecule has 0 aromatic heterocycles. The fourth-order valence-corrected chi connectivity index (χ4v) is 7.71. The number of allylic oxidation sites excluding steroid dienone is 8. The Kier molecular flexibility index (Phi) is 11.2. The molecule has 0 aliphatic heterocycles. The minimum atomic E-state index is -0.632. The van der Waals surface area contributed by atoms with Crippen molar-refractivity contribution in [2.24, 2.45) is 10.8 Å². The van der Waals surface area contributed by atoms with Gasteiger partial charge in [0.15, 0.2) is 0 Å². The molecule has 0 radical (unpaired) electrons.